The van der Waals surface area contributed by atoms with Crippen LogP contribution in [0.25, 0.3) is 0 Å². The van der Waals surface area contributed by atoms with E-state index in [0.29, 0.717) is 12.2 Å². The van der Waals surface area contributed by atoms with E-state index in [9.17, 15) is 8.42 Å². The lowest BCUT2D eigenvalue weighted by Crippen LogP contribution is -2.14. The van der Waals surface area contributed by atoms with Crippen molar-refractivity contribution < 1.29 is 17.7 Å². The lowest BCUT2D eigenvalue weighted by molar-refractivity contribution is 0.192. The van der Waals surface area contributed by atoms with Gasteiger partial charge in [0.1, 0.15) is 5.25 Å². The zero-order valence-electron chi connectivity index (χ0n) is 8.46. The Morgan fingerprint density at radius 1 is 1.33 bits per heavy atom. The minimum absolute atomic E-state index is 0.249. The van der Waals surface area contributed by atoms with Gasteiger partial charge in [0.2, 0.25) is 0 Å². The standard InChI is InChI=1S/C10H14O4S/c1-14-8-7-10(15(11,12)13)9-5-3-2-4-6-9/h2-6,10H,7-8H2,1H3,(H,11,12,13). The molecule has 0 aliphatic heterocycles. The summed E-state index contributed by atoms with van der Waals surface area (Å²) in [5, 5.41) is -0.904. The van der Waals surface area contributed by atoms with Gasteiger partial charge in [0, 0.05) is 13.7 Å². The van der Waals surface area contributed by atoms with Crippen molar-refractivity contribution in [2.45, 2.75) is 11.7 Å². The first kappa shape index (κ1) is 12.2. The second-order valence-electron chi connectivity index (χ2n) is 3.20. The average Bonchev–Trinajstić information content (AvgIpc) is 2.18. The number of rotatable bonds is 5. The van der Waals surface area contributed by atoms with Crippen LogP contribution in [0.2, 0.25) is 0 Å². The molecule has 1 aromatic carbocycles. The number of hydrogen-bond donors (Lipinski definition) is 1. The second kappa shape index (κ2) is 5.25. The third-order valence-electron chi connectivity index (χ3n) is 2.12. The van der Waals surface area contributed by atoms with Crippen LogP contribution < -0.4 is 0 Å². The van der Waals surface area contributed by atoms with E-state index in [-0.39, 0.29) is 6.42 Å². The molecule has 0 saturated heterocycles. The van der Waals surface area contributed by atoms with Crippen LogP contribution in [-0.4, -0.2) is 26.7 Å². The first-order valence-corrected chi connectivity index (χ1v) is 6.06. The number of ether oxygens (including phenoxy) is 1. The minimum Gasteiger partial charge on any atom is -0.385 e. The van der Waals surface area contributed by atoms with E-state index in [1.54, 1.807) is 30.3 Å². The summed E-state index contributed by atoms with van der Waals surface area (Å²) >= 11 is 0. The van der Waals surface area contributed by atoms with Gasteiger partial charge in [0.15, 0.2) is 0 Å². The summed E-state index contributed by atoms with van der Waals surface area (Å²) < 4.78 is 36.2. The molecule has 1 aromatic rings. The second-order valence-corrected chi connectivity index (χ2v) is 4.79. The third-order valence-corrected chi connectivity index (χ3v) is 3.34. The third kappa shape index (κ3) is 3.62. The molecule has 1 atom stereocenters. The molecule has 0 heterocycles. The van der Waals surface area contributed by atoms with Gasteiger partial charge in [-0.25, -0.2) is 0 Å². The largest absolute Gasteiger partial charge is 0.385 e. The molecule has 0 aromatic heterocycles. The molecule has 0 aliphatic carbocycles. The Morgan fingerprint density at radius 3 is 2.40 bits per heavy atom. The molecule has 0 fully saturated rings. The highest BCUT2D eigenvalue weighted by atomic mass is 32.2. The van der Waals surface area contributed by atoms with E-state index in [0.717, 1.165) is 0 Å². The van der Waals surface area contributed by atoms with Gasteiger partial charge in [-0.2, -0.15) is 8.42 Å². The highest BCUT2D eigenvalue weighted by molar-refractivity contribution is 7.86. The molecule has 15 heavy (non-hydrogen) atoms. The van der Waals surface area contributed by atoms with Crippen molar-refractivity contribution in [3.8, 4) is 0 Å². The molecule has 4 nitrogen and oxygen atoms in total. The monoisotopic (exact) mass is 230 g/mol. The fourth-order valence-electron chi connectivity index (χ4n) is 1.38. The summed E-state index contributed by atoms with van der Waals surface area (Å²) in [6, 6.07) is 8.61. The van der Waals surface area contributed by atoms with E-state index in [4.69, 9.17) is 9.29 Å². The van der Waals surface area contributed by atoms with Crippen molar-refractivity contribution >= 4 is 10.1 Å². The normalized spacial score (nSPS) is 13.7. The molecular formula is C10H14O4S. The van der Waals surface area contributed by atoms with Crippen LogP contribution in [0.4, 0.5) is 0 Å². The minimum atomic E-state index is -4.07. The van der Waals surface area contributed by atoms with Gasteiger partial charge in [0.25, 0.3) is 10.1 Å². The molecule has 84 valence electrons. The Hall–Kier alpha value is -0.910. The van der Waals surface area contributed by atoms with E-state index in [1.165, 1.54) is 7.11 Å². The first-order chi connectivity index (χ1) is 7.05. The Bertz CT molecular complexity index is 385. The van der Waals surface area contributed by atoms with Gasteiger partial charge in [0.05, 0.1) is 0 Å². The molecule has 1 rings (SSSR count). The predicted molar refractivity (Wildman–Crippen MR) is 57.2 cm³/mol. The van der Waals surface area contributed by atoms with Crippen molar-refractivity contribution in [3.05, 3.63) is 35.9 Å². The summed E-state index contributed by atoms with van der Waals surface area (Å²) in [6.07, 6.45) is 0.249. The van der Waals surface area contributed by atoms with Gasteiger partial charge in [-0.1, -0.05) is 30.3 Å². The van der Waals surface area contributed by atoms with Crippen LogP contribution in [0.5, 0.6) is 0 Å². The Morgan fingerprint density at radius 2 is 1.93 bits per heavy atom. The van der Waals surface area contributed by atoms with Crippen LogP contribution in [0, 0.1) is 0 Å². The zero-order chi connectivity index (χ0) is 11.3. The quantitative estimate of drug-likeness (QED) is 0.781. The predicted octanol–water partition coefficient (Wildman–Crippen LogP) is 1.65. The topological polar surface area (TPSA) is 63.6 Å². The fraction of sp³-hybridized carbons (Fsp3) is 0.400. The molecule has 1 N–H and O–H groups in total. The van der Waals surface area contributed by atoms with Gasteiger partial charge in [-0.15, -0.1) is 0 Å². The lowest BCUT2D eigenvalue weighted by Gasteiger charge is -2.13. The molecule has 0 spiro atoms. The van der Waals surface area contributed by atoms with Gasteiger partial charge >= 0.3 is 0 Å². The van der Waals surface area contributed by atoms with Crippen molar-refractivity contribution in [3.63, 3.8) is 0 Å². The molecular weight excluding hydrogens is 216 g/mol. The van der Waals surface area contributed by atoms with Crippen molar-refractivity contribution in [1.82, 2.24) is 0 Å². The van der Waals surface area contributed by atoms with Crippen molar-refractivity contribution in [2.24, 2.45) is 0 Å². The highest BCUT2D eigenvalue weighted by Crippen LogP contribution is 2.24. The van der Waals surface area contributed by atoms with Crippen LogP contribution >= 0.6 is 0 Å². The summed E-state index contributed by atoms with van der Waals surface area (Å²) in [4.78, 5) is 0. The fourth-order valence-corrected chi connectivity index (χ4v) is 2.28. The number of methoxy groups -OCH3 is 1. The average molecular weight is 230 g/mol. The first-order valence-electron chi connectivity index (χ1n) is 4.56. The maximum atomic E-state index is 11.1. The van der Waals surface area contributed by atoms with Gasteiger partial charge in [-0.05, 0) is 12.0 Å². The van der Waals surface area contributed by atoms with E-state index >= 15 is 0 Å². The van der Waals surface area contributed by atoms with E-state index in [1.807, 2.05) is 0 Å². The van der Waals surface area contributed by atoms with E-state index < -0.39 is 15.4 Å². The van der Waals surface area contributed by atoms with Crippen LogP contribution in [0.15, 0.2) is 30.3 Å². The molecule has 1 unspecified atom stereocenters. The lowest BCUT2D eigenvalue weighted by atomic mass is 10.1. The van der Waals surface area contributed by atoms with E-state index in [2.05, 4.69) is 0 Å². The van der Waals surface area contributed by atoms with Crippen molar-refractivity contribution in [1.29, 1.82) is 0 Å². The molecule has 0 saturated carbocycles. The van der Waals surface area contributed by atoms with Crippen LogP contribution in [0.3, 0.4) is 0 Å². The Balaban J connectivity index is 2.92. The molecule has 0 aliphatic rings. The zero-order valence-corrected chi connectivity index (χ0v) is 9.28. The molecule has 0 bridgehead atoms. The highest BCUT2D eigenvalue weighted by Gasteiger charge is 2.24. The SMILES string of the molecule is COCCC(c1ccccc1)S(=O)(=O)O. The van der Waals surface area contributed by atoms with Crippen molar-refractivity contribution in [2.75, 3.05) is 13.7 Å². The maximum absolute atomic E-state index is 11.1. The summed E-state index contributed by atoms with van der Waals surface area (Å²) in [6.45, 7) is 0.291. The number of benzene rings is 1. The van der Waals surface area contributed by atoms with Crippen LogP contribution in [-0.2, 0) is 14.9 Å². The van der Waals surface area contributed by atoms with Crippen LogP contribution in [0.1, 0.15) is 17.2 Å². The summed E-state index contributed by atoms with van der Waals surface area (Å²) in [7, 11) is -2.58. The maximum Gasteiger partial charge on any atom is 0.272 e. The molecule has 0 amide bonds. The Labute approximate surface area is 89.6 Å². The number of hydrogen-bond acceptors (Lipinski definition) is 3. The summed E-state index contributed by atoms with van der Waals surface area (Å²) in [5.74, 6) is 0. The van der Waals surface area contributed by atoms with Gasteiger partial charge < -0.3 is 4.74 Å². The summed E-state index contributed by atoms with van der Waals surface area (Å²) in [5.41, 5.74) is 0.581. The van der Waals surface area contributed by atoms with Gasteiger partial charge in [-0.3, -0.25) is 4.55 Å². The molecule has 0 radical (unpaired) electrons. The Kier molecular flexibility index (Phi) is 4.26. The molecule has 5 heteroatoms. The smallest absolute Gasteiger partial charge is 0.272 e.